The summed E-state index contributed by atoms with van der Waals surface area (Å²) in [6, 6.07) is 1.75. The molecule has 0 saturated carbocycles. The Balaban J connectivity index is 1.74. The number of aromatic nitrogens is 2. The standard InChI is InChI=1S/C17H19N3O4/c1-10-5-14(12-3-4-23-9-12)24-17(22)15(10)16(21)20-8-13-7-18-11(2)6-19-13/h5-7,12H,3-4,8-9H2,1-2H3,(H,20,21). The molecule has 1 atom stereocenters. The molecule has 7 heteroatoms. The van der Waals surface area contributed by atoms with Crippen LogP contribution in [-0.2, 0) is 11.3 Å². The maximum Gasteiger partial charge on any atom is 0.349 e. The first-order chi connectivity index (χ1) is 11.5. The van der Waals surface area contributed by atoms with Crippen LogP contribution in [0.4, 0.5) is 0 Å². The van der Waals surface area contributed by atoms with Gasteiger partial charge in [-0.3, -0.25) is 14.8 Å². The molecule has 0 aromatic carbocycles. The molecule has 0 bridgehead atoms. The second-order valence-electron chi connectivity index (χ2n) is 5.89. The summed E-state index contributed by atoms with van der Waals surface area (Å²) >= 11 is 0. The summed E-state index contributed by atoms with van der Waals surface area (Å²) in [5.41, 5.74) is 1.42. The van der Waals surface area contributed by atoms with Gasteiger partial charge < -0.3 is 14.5 Å². The van der Waals surface area contributed by atoms with Gasteiger partial charge in [-0.25, -0.2) is 4.79 Å². The van der Waals surface area contributed by atoms with Crippen molar-refractivity contribution in [3.8, 4) is 0 Å². The maximum absolute atomic E-state index is 12.3. The smallest absolute Gasteiger partial charge is 0.349 e. The number of carbonyl (C=O) groups excluding carboxylic acids is 1. The molecule has 1 aliphatic heterocycles. The van der Waals surface area contributed by atoms with E-state index < -0.39 is 11.5 Å². The molecule has 1 fully saturated rings. The Morgan fingerprint density at radius 2 is 2.17 bits per heavy atom. The van der Waals surface area contributed by atoms with E-state index in [-0.39, 0.29) is 18.0 Å². The molecule has 0 aliphatic carbocycles. The van der Waals surface area contributed by atoms with Gasteiger partial charge in [-0.05, 0) is 31.9 Å². The van der Waals surface area contributed by atoms with E-state index in [1.807, 2.05) is 6.92 Å². The first-order valence-electron chi connectivity index (χ1n) is 7.82. The fraction of sp³-hybridized carbons (Fsp3) is 0.412. The lowest BCUT2D eigenvalue weighted by Crippen LogP contribution is -2.29. The highest BCUT2D eigenvalue weighted by molar-refractivity contribution is 5.95. The van der Waals surface area contributed by atoms with Crippen molar-refractivity contribution in [1.82, 2.24) is 15.3 Å². The van der Waals surface area contributed by atoms with Crippen LogP contribution in [0.2, 0.25) is 0 Å². The van der Waals surface area contributed by atoms with Crippen LogP contribution in [-0.4, -0.2) is 29.1 Å². The van der Waals surface area contributed by atoms with E-state index >= 15 is 0 Å². The third-order valence-corrected chi connectivity index (χ3v) is 3.99. The number of ether oxygens (including phenoxy) is 1. The Hall–Kier alpha value is -2.54. The Labute approximate surface area is 139 Å². The van der Waals surface area contributed by atoms with Gasteiger partial charge in [-0.1, -0.05) is 0 Å². The zero-order chi connectivity index (χ0) is 17.1. The van der Waals surface area contributed by atoms with Crippen LogP contribution in [0.25, 0.3) is 0 Å². The third-order valence-electron chi connectivity index (χ3n) is 3.99. The molecule has 1 saturated heterocycles. The van der Waals surface area contributed by atoms with Gasteiger partial charge in [0.25, 0.3) is 5.91 Å². The van der Waals surface area contributed by atoms with E-state index in [1.165, 1.54) is 0 Å². The van der Waals surface area contributed by atoms with Crippen molar-refractivity contribution in [1.29, 1.82) is 0 Å². The minimum absolute atomic E-state index is 0.0257. The van der Waals surface area contributed by atoms with Crippen LogP contribution in [0.5, 0.6) is 0 Å². The normalized spacial score (nSPS) is 17.0. The van der Waals surface area contributed by atoms with Crippen molar-refractivity contribution >= 4 is 5.91 Å². The average molecular weight is 329 g/mol. The number of carbonyl (C=O) groups is 1. The van der Waals surface area contributed by atoms with Gasteiger partial charge in [-0.15, -0.1) is 0 Å². The first kappa shape index (κ1) is 16.3. The van der Waals surface area contributed by atoms with Gasteiger partial charge in [0.05, 0.1) is 30.7 Å². The second-order valence-corrected chi connectivity index (χ2v) is 5.89. The lowest BCUT2D eigenvalue weighted by atomic mass is 10.0. The maximum atomic E-state index is 12.3. The predicted octanol–water partition coefficient (Wildman–Crippen LogP) is 1.48. The van der Waals surface area contributed by atoms with Crippen LogP contribution in [0.3, 0.4) is 0 Å². The summed E-state index contributed by atoms with van der Waals surface area (Å²) in [4.78, 5) is 32.8. The number of nitrogens with one attached hydrogen (secondary N) is 1. The monoisotopic (exact) mass is 329 g/mol. The number of nitrogens with zero attached hydrogens (tertiary/aromatic N) is 2. The lowest BCUT2D eigenvalue weighted by Gasteiger charge is -2.10. The van der Waals surface area contributed by atoms with Crippen molar-refractivity contribution in [2.75, 3.05) is 13.2 Å². The second kappa shape index (κ2) is 6.92. The van der Waals surface area contributed by atoms with E-state index in [0.717, 1.165) is 12.1 Å². The Morgan fingerprint density at radius 3 is 2.79 bits per heavy atom. The highest BCUT2D eigenvalue weighted by Crippen LogP contribution is 2.25. The molecular formula is C17H19N3O4. The van der Waals surface area contributed by atoms with Crippen LogP contribution in [0, 0.1) is 13.8 Å². The van der Waals surface area contributed by atoms with Crippen LogP contribution in [0.1, 0.15) is 45.4 Å². The molecule has 3 rings (SSSR count). The van der Waals surface area contributed by atoms with E-state index in [4.69, 9.17) is 9.15 Å². The van der Waals surface area contributed by atoms with E-state index in [2.05, 4.69) is 15.3 Å². The van der Waals surface area contributed by atoms with E-state index in [1.54, 1.807) is 25.4 Å². The molecule has 1 aliphatic rings. The lowest BCUT2D eigenvalue weighted by molar-refractivity contribution is 0.0945. The fourth-order valence-electron chi connectivity index (χ4n) is 2.64. The number of rotatable bonds is 4. The van der Waals surface area contributed by atoms with Crippen LogP contribution < -0.4 is 10.9 Å². The SMILES string of the molecule is Cc1cnc(CNC(=O)c2c(C)cc(C3CCOC3)oc2=O)cn1. The third kappa shape index (κ3) is 3.51. The van der Waals surface area contributed by atoms with Gasteiger partial charge in [0.2, 0.25) is 0 Å². The summed E-state index contributed by atoms with van der Waals surface area (Å²) in [6.45, 7) is 4.97. The van der Waals surface area contributed by atoms with Crippen molar-refractivity contribution < 1.29 is 13.9 Å². The van der Waals surface area contributed by atoms with Gasteiger partial charge in [0.1, 0.15) is 11.3 Å². The first-order valence-corrected chi connectivity index (χ1v) is 7.82. The Kier molecular flexibility index (Phi) is 4.71. The average Bonchev–Trinajstić information content (AvgIpc) is 3.08. The minimum Gasteiger partial charge on any atom is -0.427 e. The summed E-state index contributed by atoms with van der Waals surface area (Å²) in [5, 5.41) is 2.68. The molecule has 0 radical (unpaired) electrons. The van der Waals surface area contributed by atoms with Crippen molar-refractivity contribution in [3.63, 3.8) is 0 Å². The Morgan fingerprint density at radius 1 is 1.33 bits per heavy atom. The van der Waals surface area contributed by atoms with Gasteiger partial charge in [0.15, 0.2) is 0 Å². The summed E-state index contributed by atoms with van der Waals surface area (Å²) in [5.74, 6) is 0.185. The zero-order valence-corrected chi connectivity index (χ0v) is 13.7. The molecule has 7 nitrogen and oxygen atoms in total. The molecular weight excluding hydrogens is 310 g/mol. The van der Waals surface area contributed by atoms with Crippen LogP contribution >= 0.6 is 0 Å². The topological polar surface area (TPSA) is 94.3 Å². The van der Waals surface area contributed by atoms with Gasteiger partial charge in [-0.2, -0.15) is 0 Å². The molecule has 2 aromatic rings. The molecule has 2 aromatic heterocycles. The molecule has 1 N–H and O–H groups in total. The van der Waals surface area contributed by atoms with Crippen LogP contribution in [0.15, 0.2) is 27.7 Å². The molecule has 24 heavy (non-hydrogen) atoms. The fourth-order valence-corrected chi connectivity index (χ4v) is 2.64. The molecule has 0 spiro atoms. The molecule has 126 valence electrons. The number of amides is 1. The molecule has 1 unspecified atom stereocenters. The van der Waals surface area contributed by atoms with Crippen molar-refractivity contribution in [3.05, 3.63) is 57.2 Å². The highest BCUT2D eigenvalue weighted by atomic mass is 16.5. The predicted molar refractivity (Wildman–Crippen MR) is 85.8 cm³/mol. The van der Waals surface area contributed by atoms with Gasteiger partial charge in [0, 0.05) is 18.7 Å². The number of hydrogen-bond acceptors (Lipinski definition) is 6. The zero-order valence-electron chi connectivity index (χ0n) is 13.7. The highest BCUT2D eigenvalue weighted by Gasteiger charge is 2.24. The molecule has 3 heterocycles. The van der Waals surface area contributed by atoms with Crippen molar-refractivity contribution in [2.24, 2.45) is 0 Å². The quantitative estimate of drug-likeness (QED) is 0.913. The summed E-state index contributed by atoms with van der Waals surface area (Å²) in [7, 11) is 0. The number of aryl methyl sites for hydroxylation is 2. The summed E-state index contributed by atoms with van der Waals surface area (Å²) in [6.07, 6.45) is 4.04. The van der Waals surface area contributed by atoms with E-state index in [0.29, 0.717) is 30.2 Å². The number of hydrogen-bond donors (Lipinski definition) is 1. The van der Waals surface area contributed by atoms with Gasteiger partial charge >= 0.3 is 5.63 Å². The summed E-state index contributed by atoms with van der Waals surface area (Å²) < 4.78 is 10.6. The largest absolute Gasteiger partial charge is 0.427 e. The minimum atomic E-state index is -0.621. The van der Waals surface area contributed by atoms with Crippen molar-refractivity contribution in [2.45, 2.75) is 32.7 Å². The Bertz CT molecular complexity index is 792. The van der Waals surface area contributed by atoms with E-state index in [9.17, 15) is 9.59 Å². The molecule has 1 amide bonds.